The molecule has 1 fully saturated rings. The monoisotopic (exact) mass is 433 g/mol. The number of rotatable bonds is 5. The van der Waals surface area contributed by atoms with Gasteiger partial charge in [0.25, 0.3) is 5.91 Å². The highest BCUT2D eigenvalue weighted by atomic mass is 35.5. The Hall–Kier alpha value is -2.91. The van der Waals surface area contributed by atoms with Crippen molar-refractivity contribution in [1.82, 2.24) is 4.90 Å². The van der Waals surface area contributed by atoms with Crippen LogP contribution in [0.15, 0.2) is 78.9 Å². The van der Waals surface area contributed by atoms with E-state index >= 15 is 0 Å². The summed E-state index contributed by atoms with van der Waals surface area (Å²) >= 11 is 6.00. The molecule has 1 amide bonds. The molecule has 0 saturated carbocycles. The summed E-state index contributed by atoms with van der Waals surface area (Å²) in [5.74, 6) is 0.254. The Labute approximate surface area is 188 Å². The van der Waals surface area contributed by atoms with Crippen molar-refractivity contribution < 1.29 is 9.18 Å². The number of piperidine rings is 1. The Kier molecular flexibility index (Phi) is 6.83. The summed E-state index contributed by atoms with van der Waals surface area (Å²) in [7, 11) is 0. The van der Waals surface area contributed by atoms with Gasteiger partial charge in [0, 0.05) is 23.7 Å². The van der Waals surface area contributed by atoms with Crippen molar-refractivity contribution in [1.29, 1.82) is 0 Å². The minimum atomic E-state index is -0.316. The van der Waals surface area contributed by atoms with Crippen LogP contribution in [-0.4, -0.2) is 23.9 Å². The lowest BCUT2D eigenvalue weighted by Gasteiger charge is -2.33. The normalized spacial score (nSPS) is 15.2. The largest absolute Gasteiger partial charge is 0.339 e. The Bertz CT molecular complexity index is 1040. The van der Waals surface area contributed by atoms with Gasteiger partial charge < -0.3 is 4.90 Å². The number of likely N-dealkylation sites (tertiary alicyclic amines) is 1. The molecule has 4 heteroatoms. The van der Waals surface area contributed by atoms with Crippen molar-refractivity contribution in [2.24, 2.45) is 5.92 Å². The van der Waals surface area contributed by atoms with Crippen LogP contribution in [0.5, 0.6) is 0 Å². The molecule has 0 unspecified atom stereocenters. The second-order valence-corrected chi connectivity index (χ2v) is 8.48. The molecule has 3 aromatic carbocycles. The van der Waals surface area contributed by atoms with E-state index in [0.29, 0.717) is 22.1 Å². The van der Waals surface area contributed by atoms with Gasteiger partial charge in [-0.1, -0.05) is 66.2 Å². The van der Waals surface area contributed by atoms with Gasteiger partial charge in [0.2, 0.25) is 0 Å². The Balaban J connectivity index is 1.51. The van der Waals surface area contributed by atoms with Crippen LogP contribution in [0.3, 0.4) is 0 Å². The quantitative estimate of drug-likeness (QED) is 0.332. The molecule has 0 aliphatic carbocycles. The molecule has 4 rings (SSSR count). The third-order valence-corrected chi connectivity index (χ3v) is 6.09. The van der Waals surface area contributed by atoms with Gasteiger partial charge in [-0.2, -0.15) is 0 Å². The summed E-state index contributed by atoms with van der Waals surface area (Å²) < 4.78 is 13.5. The predicted molar refractivity (Wildman–Crippen MR) is 125 cm³/mol. The van der Waals surface area contributed by atoms with Crippen LogP contribution in [0.1, 0.15) is 29.5 Å². The molecule has 3 aromatic rings. The van der Waals surface area contributed by atoms with Gasteiger partial charge in [-0.05, 0) is 72.2 Å². The first-order chi connectivity index (χ1) is 15.1. The highest BCUT2D eigenvalue weighted by Gasteiger charge is 2.25. The molecule has 31 heavy (non-hydrogen) atoms. The number of hydrogen-bond acceptors (Lipinski definition) is 1. The number of halogens is 2. The molecule has 0 radical (unpaired) electrons. The second kappa shape index (κ2) is 9.93. The third kappa shape index (κ3) is 5.62. The van der Waals surface area contributed by atoms with Gasteiger partial charge in [-0.3, -0.25) is 4.79 Å². The lowest BCUT2D eigenvalue weighted by molar-refractivity contribution is -0.126. The maximum atomic E-state index is 13.5. The SMILES string of the molecule is O=C(C(=Cc1ccc(Cl)cc1)c1ccc(F)cc1)N1CCC(Cc2ccccc2)CC1. The van der Waals surface area contributed by atoms with E-state index in [0.717, 1.165) is 37.9 Å². The molecule has 1 saturated heterocycles. The first-order valence-corrected chi connectivity index (χ1v) is 11.0. The number of amides is 1. The molecule has 158 valence electrons. The molecule has 1 heterocycles. The Morgan fingerprint density at radius 3 is 2.23 bits per heavy atom. The third-order valence-electron chi connectivity index (χ3n) is 5.84. The van der Waals surface area contributed by atoms with E-state index in [2.05, 4.69) is 24.3 Å². The van der Waals surface area contributed by atoms with Crippen LogP contribution in [0.25, 0.3) is 11.6 Å². The first kappa shape index (κ1) is 21.3. The van der Waals surface area contributed by atoms with Crippen molar-refractivity contribution in [3.63, 3.8) is 0 Å². The second-order valence-electron chi connectivity index (χ2n) is 8.04. The standard InChI is InChI=1S/C27H25ClFNO/c28-24-10-6-21(7-11-24)19-26(23-8-12-25(29)13-9-23)27(31)30-16-14-22(15-17-30)18-20-4-2-1-3-5-20/h1-13,19,22H,14-18H2. The van der Waals surface area contributed by atoms with Gasteiger partial charge in [0.15, 0.2) is 0 Å². The van der Waals surface area contributed by atoms with Crippen molar-refractivity contribution >= 4 is 29.2 Å². The predicted octanol–water partition coefficient (Wildman–Crippen LogP) is 6.50. The van der Waals surface area contributed by atoms with Gasteiger partial charge >= 0.3 is 0 Å². The van der Waals surface area contributed by atoms with Gasteiger partial charge in [-0.15, -0.1) is 0 Å². The fraction of sp³-hybridized carbons (Fsp3) is 0.222. The molecule has 2 nitrogen and oxygen atoms in total. The molecule has 0 spiro atoms. The fourth-order valence-electron chi connectivity index (χ4n) is 4.08. The van der Waals surface area contributed by atoms with E-state index < -0.39 is 0 Å². The van der Waals surface area contributed by atoms with Crippen LogP contribution in [0, 0.1) is 11.7 Å². The van der Waals surface area contributed by atoms with Crippen molar-refractivity contribution in [2.75, 3.05) is 13.1 Å². The highest BCUT2D eigenvalue weighted by Crippen LogP contribution is 2.27. The number of carbonyl (C=O) groups excluding carboxylic acids is 1. The average molecular weight is 434 g/mol. The molecular weight excluding hydrogens is 409 g/mol. The zero-order valence-electron chi connectivity index (χ0n) is 17.3. The number of carbonyl (C=O) groups is 1. The van der Waals surface area contributed by atoms with Gasteiger partial charge in [0.05, 0.1) is 0 Å². The van der Waals surface area contributed by atoms with Crippen molar-refractivity contribution in [3.05, 3.63) is 106 Å². The van der Waals surface area contributed by atoms with E-state index in [-0.39, 0.29) is 11.7 Å². The summed E-state index contributed by atoms with van der Waals surface area (Å²) in [6.07, 6.45) is 4.88. The topological polar surface area (TPSA) is 20.3 Å². The number of hydrogen-bond donors (Lipinski definition) is 0. The smallest absolute Gasteiger partial charge is 0.254 e. The van der Waals surface area contributed by atoms with E-state index in [9.17, 15) is 9.18 Å². The van der Waals surface area contributed by atoms with Crippen LogP contribution in [0.4, 0.5) is 4.39 Å². The minimum Gasteiger partial charge on any atom is -0.339 e. The highest BCUT2D eigenvalue weighted by molar-refractivity contribution is 6.30. The zero-order chi connectivity index (χ0) is 21.6. The zero-order valence-corrected chi connectivity index (χ0v) is 18.1. The van der Waals surface area contributed by atoms with E-state index in [1.54, 1.807) is 24.3 Å². The summed E-state index contributed by atoms with van der Waals surface area (Å²) in [6.45, 7) is 1.46. The molecule has 0 bridgehead atoms. The number of nitrogens with zero attached hydrogens (tertiary/aromatic N) is 1. The summed E-state index contributed by atoms with van der Waals surface area (Å²) in [5.41, 5.74) is 3.52. The lowest BCUT2D eigenvalue weighted by atomic mass is 9.89. The van der Waals surface area contributed by atoms with Crippen LogP contribution in [-0.2, 0) is 11.2 Å². The maximum Gasteiger partial charge on any atom is 0.254 e. The maximum absolute atomic E-state index is 13.5. The molecule has 0 aromatic heterocycles. The molecular formula is C27H25ClFNO. The molecule has 1 aliphatic rings. The Morgan fingerprint density at radius 2 is 1.58 bits per heavy atom. The molecule has 0 atom stereocenters. The number of benzene rings is 3. The summed E-state index contributed by atoms with van der Waals surface area (Å²) in [5, 5.41) is 0.646. The Morgan fingerprint density at radius 1 is 0.935 bits per heavy atom. The van der Waals surface area contributed by atoms with Crippen molar-refractivity contribution in [3.8, 4) is 0 Å². The molecule has 1 aliphatic heterocycles. The minimum absolute atomic E-state index is 0.0141. The van der Waals surface area contributed by atoms with E-state index in [4.69, 9.17) is 11.6 Å². The average Bonchev–Trinajstić information content (AvgIpc) is 2.80. The summed E-state index contributed by atoms with van der Waals surface area (Å²) in [6, 6.07) is 24.0. The first-order valence-electron chi connectivity index (χ1n) is 10.6. The van der Waals surface area contributed by atoms with Gasteiger partial charge in [0.1, 0.15) is 5.82 Å². The molecule has 0 N–H and O–H groups in total. The summed E-state index contributed by atoms with van der Waals surface area (Å²) in [4.78, 5) is 15.4. The van der Waals surface area contributed by atoms with Crippen LogP contribution >= 0.6 is 11.6 Å². The van der Waals surface area contributed by atoms with E-state index in [1.165, 1.54) is 17.7 Å². The van der Waals surface area contributed by atoms with Crippen molar-refractivity contribution in [2.45, 2.75) is 19.3 Å². The van der Waals surface area contributed by atoms with Crippen LogP contribution < -0.4 is 0 Å². The fourth-order valence-corrected chi connectivity index (χ4v) is 4.21. The van der Waals surface area contributed by atoms with E-state index in [1.807, 2.05) is 29.2 Å². The van der Waals surface area contributed by atoms with Crippen LogP contribution in [0.2, 0.25) is 5.02 Å². The van der Waals surface area contributed by atoms with Gasteiger partial charge in [-0.25, -0.2) is 4.39 Å². The lowest BCUT2D eigenvalue weighted by Crippen LogP contribution is -2.39.